The molecule has 3 aromatic rings. The largest absolute Gasteiger partial charge is 0.361 e. The summed E-state index contributed by atoms with van der Waals surface area (Å²) >= 11 is 1.52. The smallest absolute Gasteiger partial charge is 0.254 e. The second-order valence-corrected chi connectivity index (χ2v) is 7.05. The maximum Gasteiger partial charge on any atom is 0.254 e. The number of fused-ring (bicyclic) bond motifs is 2. The first-order chi connectivity index (χ1) is 12.2. The van der Waals surface area contributed by atoms with E-state index in [0.29, 0.717) is 23.9 Å². The molecule has 2 aromatic heterocycles. The van der Waals surface area contributed by atoms with E-state index in [-0.39, 0.29) is 17.5 Å². The fourth-order valence-corrected chi connectivity index (χ4v) is 4.32. The number of carbonyl (C=O) groups is 1. The molecule has 0 saturated heterocycles. The number of benzene rings is 1. The van der Waals surface area contributed by atoms with Crippen LogP contribution in [0.2, 0.25) is 0 Å². The number of H-pyrrole nitrogens is 1. The number of amides is 1. The zero-order valence-electron chi connectivity index (χ0n) is 13.6. The minimum atomic E-state index is -0.116. The monoisotopic (exact) mass is 354 g/mol. The van der Waals surface area contributed by atoms with E-state index >= 15 is 0 Å². The molecule has 0 saturated carbocycles. The molecule has 0 radical (unpaired) electrons. The highest BCUT2D eigenvalue weighted by molar-refractivity contribution is 7.99. The van der Waals surface area contributed by atoms with Crippen molar-refractivity contribution in [3.05, 3.63) is 58.6 Å². The molecule has 3 heterocycles. The van der Waals surface area contributed by atoms with Crippen molar-refractivity contribution >= 4 is 28.6 Å². The Morgan fingerprint density at radius 3 is 3.16 bits per heavy atom. The maximum atomic E-state index is 12.2. The zero-order chi connectivity index (χ0) is 17.2. The summed E-state index contributed by atoms with van der Waals surface area (Å²) in [4.78, 5) is 31.7. The van der Waals surface area contributed by atoms with Gasteiger partial charge in [-0.25, -0.2) is 4.98 Å². The number of hydrogen-bond acceptors (Lipinski definition) is 4. The van der Waals surface area contributed by atoms with Crippen LogP contribution < -0.4 is 10.9 Å². The fraction of sp³-hybridized carbons (Fsp3) is 0.278. The van der Waals surface area contributed by atoms with E-state index in [0.717, 1.165) is 11.9 Å². The summed E-state index contributed by atoms with van der Waals surface area (Å²) < 4.78 is 1.63. The van der Waals surface area contributed by atoms with Crippen molar-refractivity contribution in [3.63, 3.8) is 0 Å². The minimum Gasteiger partial charge on any atom is -0.361 e. The number of hydrogen-bond donors (Lipinski definition) is 2. The summed E-state index contributed by atoms with van der Waals surface area (Å²) in [5.41, 5.74) is 2.21. The summed E-state index contributed by atoms with van der Waals surface area (Å²) in [5, 5.41) is 4.85. The Morgan fingerprint density at radius 1 is 1.36 bits per heavy atom. The van der Waals surface area contributed by atoms with E-state index in [1.54, 1.807) is 4.57 Å². The van der Waals surface area contributed by atoms with Crippen molar-refractivity contribution in [3.8, 4) is 0 Å². The Morgan fingerprint density at radius 2 is 2.24 bits per heavy atom. The van der Waals surface area contributed by atoms with Crippen molar-refractivity contribution in [1.29, 1.82) is 0 Å². The number of rotatable bonds is 5. The Hall–Kier alpha value is -2.54. The standard InChI is InChI=1S/C18H18N4O2S/c23-16(9-13-11-25-18-20-8-6-17(24)22(13)18)19-7-5-12-10-21-15-4-2-1-3-14(12)15/h1-4,6,8,10,13,21H,5,7,9,11H2,(H,19,23). The first-order valence-electron chi connectivity index (χ1n) is 8.24. The summed E-state index contributed by atoms with van der Waals surface area (Å²) in [6.45, 7) is 0.579. The molecule has 128 valence electrons. The first kappa shape index (κ1) is 16.0. The number of nitrogens with one attached hydrogen (secondary N) is 2. The van der Waals surface area contributed by atoms with Crippen molar-refractivity contribution in [1.82, 2.24) is 19.9 Å². The van der Waals surface area contributed by atoms with Gasteiger partial charge in [-0.1, -0.05) is 30.0 Å². The van der Waals surface area contributed by atoms with Gasteiger partial charge < -0.3 is 10.3 Å². The number of carbonyl (C=O) groups excluding carboxylic acids is 1. The summed E-state index contributed by atoms with van der Waals surface area (Å²) in [5.74, 6) is 0.677. The molecule has 1 amide bonds. The van der Waals surface area contributed by atoms with Crippen molar-refractivity contribution in [2.24, 2.45) is 0 Å². The zero-order valence-corrected chi connectivity index (χ0v) is 14.4. The highest BCUT2D eigenvalue weighted by Gasteiger charge is 2.26. The number of aromatic nitrogens is 3. The van der Waals surface area contributed by atoms with E-state index in [1.807, 2.05) is 24.4 Å². The van der Waals surface area contributed by atoms with Gasteiger partial charge in [0.25, 0.3) is 5.56 Å². The first-order valence-corrected chi connectivity index (χ1v) is 9.23. The van der Waals surface area contributed by atoms with E-state index in [2.05, 4.69) is 21.4 Å². The molecule has 1 atom stereocenters. The lowest BCUT2D eigenvalue weighted by atomic mass is 10.1. The Bertz CT molecular complexity index is 978. The molecule has 0 fully saturated rings. The summed E-state index contributed by atoms with van der Waals surface area (Å²) in [6, 6.07) is 9.46. The lowest BCUT2D eigenvalue weighted by molar-refractivity contribution is -0.121. The molecule has 1 aliphatic rings. The highest BCUT2D eigenvalue weighted by atomic mass is 32.2. The predicted octanol–water partition coefficient (Wildman–Crippen LogP) is 2.12. The third-order valence-electron chi connectivity index (χ3n) is 4.43. The van der Waals surface area contributed by atoms with Crippen molar-refractivity contribution in [2.45, 2.75) is 24.0 Å². The second kappa shape index (κ2) is 6.76. The van der Waals surface area contributed by atoms with Gasteiger partial charge in [-0.15, -0.1) is 0 Å². The average Bonchev–Trinajstić information content (AvgIpc) is 3.21. The van der Waals surface area contributed by atoms with Gasteiger partial charge >= 0.3 is 0 Å². The topological polar surface area (TPSA) is 79.8 Å². The summed E-state index contributed by atoms with van der Waals surface area (Å²) in [7, 11) is 0. The van der Waals surface area contributed by atoms with Crippen molar-refractivity contribution < 1.29 is 4.79 Å². The van der Waals surface area contributed by atoms with Crippen LogP contribution in [0.5, 0.6) is 0 Å². The molecule has 2 N–H and O–H groups in total. The minimum absolute atomic E-state index is 0.0333. The Balaban J connectivity index is 1.34. The highest BCUT2D eigenvalue weighted by Crippen LogP contribution is 2.31. The molecule has 4 rings (SSSR count). The molecule has 0 aliphatic carbocycles. The van der Waals surface area contributed by atoms with Gasteiger partial charge in [0.05, 0.1) is 6.04 Å². The van der Waals surface area contributed by atoms with Crippen LogP contribution in [0, 0.1) is 0 Å². The van der Waals surface area contributed by atoms with Gasteiger partial charge in [-0.05, 0) is 18.1 Å². The second-order valence-electron chi connectivity index (χ2n) is 6.06. The predicted molar refractivity (Wildman–Crippen MR) is 97.9 cm³/mol. The molecular formula is C18H18N4O2S. The van der Waals surface area contributed by atoms with Crippen molar-refractivity contribution in [2.75, 3.05) is 12.3 Å². The Kier molecular flexibility index (Phi) is 4.31. The van der Waals surface area contributed by atoms with Crippen LogP contribution in [0.25, 0.3) is 10.9 Å². The van der Waals surface area contributed by atoms with E-state index < -0.39 is 0 Å². The van der Waals surface area contributed by atoms with Crippen LogP contribution in [0.1, 0.15) is 18.0 Å². The molecular weight excluding hydrogens is 336 g/mol. The third kappa shape index (κ3) is 3.19. The van der Waals surface area contributed by atoms with E-state index in [9.17, 15) is 9.59 Å². The molecule has 25 heavy (non-hydrogen) atoms. The quantitative estimate of drug-likeness (QED) is 0.688. The number of thioether (sulfide) groups is 1. The number of nitrogens with zero attached hydrogens (tertiary/aromatic N) is 2. The average molecular weight is 354 g/mol. The fourth-order valence-electron chi connectivity index (χ4n) is 3.20. The normalized spacial score (nSPS) is 16.1. The van der Waals surface area contributed by atoms with Crippen LogP contribution in [-0.4, -0.2) is 32.7 Å². The van der Waals surface area contributed by atoms with Gasteiger partial charge in [0.15, 0.2) is 5.16 Å². The lowest BCUT2D eigenvalue weighted by Gasteiger charge is -2.12. The van der Waals surface area contributed by atoms with Gasteiger partial charge in [-0.3, -0.25) is 14.2 Å². The number of aromatic amines is 1. The van der Waals surface area contributed by atoms with Gasteiger partial charge in [-0.2, -0.15) is 0 Å². The van der Waals surface area contributed by atoms with Crippen LogP contribution in [0.3, 0.4) is 0 Å². The molecule has 1 aromatic carbocycles. The lowest BCUT2D eigenvalue weighted by Crippen LogP contribution is -2.31. The SMILES string of the molecule is O=C(CC1CSc2nccc(=O)n21)NCCc1c[nH]c2ccccc12. The molecule has 0 spiro atoms. The molecule has 6 nitrogen and oxygen atoms in total. The third-order valence-corrected chi connectivity index (χ3v) is 5.54. The van der Waals surface area contributed by atoms with Crippen LogP contribution in [-0.2, 0) is 11.2 Å². The van der Waals surface area contributed by atoms with Crippen LogP contribution >= 0.6 is 11.8 Å². The van der Waals surface area contributed by atoms with E-state index in [1.165, 1.54) is 35.0 Å². The Labute approximate surface area is 148 Å². The molecule has 1 unspecified atom stereocenters. The molecule has 0 bridgehead atoms. The van der Waals surface area contributed by atoms with Gasteiger partial charge in [0, 0.05) is 48.1 Å². The van der Waals surface area contributed by atoms with Crippen LogP contribution in [0.4, 0.5) is 0 Å². The van der Waals surface area contributed by atoms with Gasteiger partial charge in [0.1, 0.15) is 0 Å². The van der Waals surface area contributed by atoms with Crippen LogP contribution in [0.15, 0.2) is 52.7 Å². The maximum absolute atomic E-state index is 12.2. The summed E-state index contributed by atoms with van der Waals surface area (Å²) in [6.07, 6.45) is 4.59. The molecule has 1 aliphatic heterocycles. The van der Waals surface area contributed by atoms with E-state index in [4.69, 9.17) is 0 Å². The van der Waals surface area contributed by atoms with Gasteiger partial charge in [0.2, 0.25) is 5.91 Å². The molecule has 7 heteroatoms. The number of para-hydroxylation sites is 1.